The molecule has 0 atom stereocenters. The Kier molecular flexibility index (Phi) is 6.74. The van der Waals surface area contributed by atoms with Gasteiger partial charge >= 0.3 is 6.18 Å². The lowest BCUT2D eigenvalue weighted by molar-refractivity contribution is -0.105. The lowest BCUT2D eigenvalue weighted by Gasteiger charge is -2.21. The van der Waals surface area contributed by atoms with Crippen LogP contribution < -0.4 is 5.32 Å². The van der Waals surface area contributed by atoms with Gasteiger partial charge in [-0.2, -0.15) is 13.2 Å². The van der Waals surface area contributed by atoms with Crippen LogP contribution in [0.25, 0.3) is 0 Å². The first-order chi connectivity index (χ1) is 11.0. The van der Waals surface area contributed by atoms with Gasteiger partial charge in [-0.15, -0.1) is 0 Å². The highest BCUT2D eigenvalue weighted by Gasteiger charge is 2.29. The molecular formula is C16H21F3N2OS. The first-order valence-corrected chi connectivity index (χ1v) is 8.90. The molecule has 1 aromatic heterocycles. The Labute approximate surface area is 138 Å². The van der Waals surface area contributed by atoms with Crippen molar-refractivity contribution in [3.05, 3.63) is 23.9 Å². The minimum Gasteiger partial charge on any atom is -0.349 e. The molecule has 1 aliphatic rings. The van der Waals surface area contributed by atoms with Gasteiger partial charge in [0.05, 0.1) is 11.3 Å². The average Bonchev–Trinajstić information content (AvgIpc) is 2.47. The molecule has 1 aliphatic carbocycles. The maximum absolute atomic E-state index is 12.4. The number of nitrogens with zero attached hydrogens (tertiary/aromatic N) is 1. The fourth-order valence-electron chi connectivity index (χ4n) is 2.69. The fraction of sp³-hybridized carbons (Fsp3) is 0.625. The maximum atomic E-state index is 12.4. The average molecular weight is 346 g/mol. The van der Waals surface area contributed by atoms with Gasteiger partial charge in [0, 0.05) is 12.2 Å². The smallest absolute Gasteiger partial charge is 0.349 e. The van der Waals surface area contributed by atoms with Crippen LogP contribution in [0.3, 0.4) is 0 Å². The Morgan fingerprint density at radius 1 is 1.22 bits per heavy atom. The highest BCUT2D eigenvalue weighted by Crippen LogP contribution is 2.28. The summed E-state index contributed by atoms with van der Waals surface area (Å²) in [7, 11) is 0. The van der Waals surface area contributed by atoms with Crippen molar-refractivity contribution in [3.63, 3.8) is 0 Å². The summed E-state index contributed by atoms with van der Waals surface area (Å²) in [4.78, 5) is 16.3. The number of nitrogens with one attached hydrogen (secondary N) is 1. The molecule has 0 saturated heterocycles. The Morgan fingerprint density at radius 2 is 1.87 bits per heavy atom. The van der Waals surface area contributed by atoms with E-state index in [0.29, 0.717) is 11.8 Å². The molecule has 0 spiro atoms. The summed E-state index contributed by atoms with van der Waals surface area (Å²) in [5, 5.41) is 3.10. The number of thioether (sulfide) groups is 1. The van der Waals surface area contributed by atoms with E-state index in [2.05, 4.69) is 10.3 Å². The molecule has 3 nitrogen and oxygen atoms in total. The second-order valence-electron chi connectivity index (χ2n) is 5.78. The SMILES string of the molecule is O=C(NC1CCCCCCC1)c1cccnc1SCC(F)(F)F. The predicted octanol–water partition coefficient (Wildman–Crippen LogP) is 4.58. The molecule has 0 unspecified atom stereocenters. The Bertz CT molecular complexity index is 514. The molecule has 1 amide bonds. The number of carbonyl (C=O) groups is 1. The molecule has 128 valence electrons. The van der Waals surface area contributed by atoms with Gasteiger partial charge < -0.3 is 5.32 Å². The summed E-state index contributed by atoms with van der Waals surface area (Å²) in [6.07, 6.45) is 4.72. The molecule has 0 radical (unpaired) electrons. The Balaban J connectivity index is 2.00. The standard InChI is InChI=1S/C16H21F3N2OS/c17-16(18,19)11-23-15-13(9-6-10-20-15)14(22)21-12-7-4-2-1-3-5-8-12/h6,9-10,12H,1-5,7-8,11H2,(H,21,22). The molecule has 1 heterocycles. The van der Waals surface area contributed by atoms with E-state index in [-0.39, 0.29) is 22.5 Å². The van der Waals surface area contributed by atoms with E-state index in [1.54, 1.807) is 6.07 Å². The molecule has 1 N–H and O–H groups in total. The van der Waals surface area contributed by atoms with Crippen molar-refractivity contribution in [3.8, 4) is 0 Å². The van der Waals surface area contributed by atoms with Crippen LogP contribution in [0.15, 0.2) is 23.4 Å². The van der Waals surface area contributed by atoms with Gasteiger partial charge in [0.25, 0.3) is 5.91 Å². The minimum atomic E-state index is -4.28. The highest BCUT2D eigenvalue weighted by atomic mass is 32.2. The van der Waals surface area contributed by atoms with E-state index >= 15 is 0 Å². The molecule has 2 rings (SSSR count). The number of carbonyl (C=O) groups excluding carboxylic acids is 1. The summed E-state index contributed by atoms with van der Waals surface area (Å²) in [5.41, 5.74) is 0.226. The fourth-order valence-corrected chi connectivity index (χ4v) is 3.44. The monoisotopic (exact) mass is 346 g/mol. The van der Waals surface area contributed by atoms with Crippen LogP contribution in [0.2, 0.25) is 0 Å². The number of amides is 1. The summed E-state index contributed by atoms with van der Waals surface area (Å²) in [6.45, 7) is 0. The van der Waals surface area contributed by atoms with Crippen LogP contribution in [0.1, 0.15) is 55.3 Å². The van der Waals surface area contributed by atoms with Crippen molar-refractivity contribution >= 4 is 17.7 Å². The normalized spacial score (nSPS) is 17.3. The van der Waals surface area contributed by atoms with Crippen molar-refractivity contribution in [1.82, 2.24) is 10.3 Å². The van der Waals surface area contributed by atoms with Crippen LogP contribution in [-0.4, -0.2) is 28.9 Å². The molecule has 7 heteroatoms. The summed E-state index contributed by atoms with van der Waals surface area (Å²) >= 11 is 0.555. The molecular weight excluding hydrogens is 325 g/mol. The van der Waals surface area contributed by atoms with Crippen molar-refractivity contribution in [2.45, 2.75) is 62.2 Å². The Hall–Kier alpha value is -1.24. The van der Waals surface area contributed by atoms with E-state index in [9.17, 15) is 18.0 Å². The minimum absolute atomic E-state index is 0.100. The lowest BCUT2D eigenvalue weighted by Crippen LogP contribution is -2.35. The van der Waals surface area contributed by atoms with Crippen molar-refractivity contribution < 1.29 is 18.0 Å². The van der Waals surface area contributed by atoms with Crippen LogP contribution in [0.5, 0.6) is 0 Å². The van der Waals surface area contributed by atoms with Crippen molar-refractivity contribution in [1.29, 1.82) is 0 Å². The van der Waals surface area contributed by atoms with Crippen LogP contribution in [0, 0.1) is 0 Å². The molecule has 1 saturated carbocycles. The summed E-state index contributed by atoms with van der Waals surface area (Å²) in [6, 6.07) is 3.21. The first-order valence-electron chi connectivity index (χ1n) is 7.91. The van der Waals surface area contributed by atoms with Crippen LogP contribution >= 0.6 is 11.8 Å². The summed E-state index contributed by atoms with van der Waals surface area (Å²) < 4.78 is 37.1. The van der Waals surface area contributed by atoms with Gasteiger partial charge in [-0.25, -0.2) is 4.98 Å². The van der Waals surface area contributed by atoms with Gasteiger partial charge in [0.1, 0.15) is 5.03 Å². The van der Waals surface area contributed by atoms with Crippen LogP contribution in [0.4, 0.5) is 13.2 Å². The third-order valence-corrected chi connectivity index (χ3v) is 4.90. The second-order valence-corrected chi connectivity index (χ2v) is 6.74. The summed E-state index contributed by atoms with van der Waals surface area (Å²) in [5.74, 6) is -1.37. The number of alkyl halides is 3. The number of pyridine rings is 1. The van der Waals surface area contributed by atoms with E-state index < -0.39 is 11.9 Å². The number of halogens is 3. The molecule has 0 aliphatic heterocycles. The van der Waals surface area contributed by atoms with E-state index in [4.69, 9.17) is 0 Å². The van der Waals surface area contributed by atoms with E-state index in [1.807, 2.05) is 0 Å². The zero-order valence-corrected chi connectivity index (χ0v) is 13.7. The zero-order chi connectivity index (χ0) is 16.7. The molecule has 1 fully saturated rings. The van der Waals surface area contributed by atoms with Gasteiger partial charge in [0.2, 0.25) is 0 Å². The van der Waals surface area contributed by atoms with Gasteiger partial charge in [-0.3, -0.25) is 4.79 Å². The molecule has 1 aromatic rings. The maximum Gasteiger partial charge on any atom is 0.398 e. The lowest BCUT2D eigenvalue weighted by atomic mass is 9.96. The first kappa shape index (κ1) is 18.1. The van der Waals surface area contributed by atoms with E-state index in [1.165, 1.54) is 31.5 Å². The van der Waals surface area contributed by atoms with Crippen LogP contribution in [-0.2, 0) is 0 Å². The molecule has 0 aromatic carbocycles. The largest absolute Gasteiger partial charge is 0.398 e. The number of hydrogen-bond acceptors (Lipinski definition) is 3. The number of aromatic nitrogens is 1. The van der Waals surface area contributed by atoms with Gasteiger partial charge in [-0.05, 0) is 25.0 Å². The predicted molar refractivity (Wildman–Crippen MR) is 84.6 cm³/mol. The quantitative estimate of drug-likeness (QED) is 0.812. The van der Waals surface area contributed by atoms with Crippen molar-refractivity contribution in [2.24, 2.45) is 0 Å². The molecule has 0 bridgehead atoms. The third-order valence-electron chi connectivity index (χ3n) is 3.83. The van der Waals surface area contributed by atoms with Gasteiger partial charge in [-0.1, -0.05) is 43.9 Å². The number of rotatable bonds is 4. The Morgan fingerprint density at radius 3 is 2.52 bits per heavy atom. The second kappa shape index (κ2) is 8.57. The topological polar surface area (TPSA) is 42.0 Å². The molecule has 23 heavy (non-hydrogen) atoms. The highest BCUT2D eigenvalue weighted by molar-refractivity contribution is 7.99. The number of hydrogen-bond donors (Lipinski definition) is 1. The zero-order valence-electron chi connectivity index (χ0n) is 12.9. The third kappa shape index (κ3) is 6.41. The van der Waals surface area contributed by atoms with E-state index in [0.717, 1.165) is 25.7 Å². The van der Waals surface area contributed by atoms with Gasteiger partial charge in [0.15, 0.2) is 0 Å². The van der Waals surface area contributed by atoms with Crippen molar-refractivity contribution in [2.75, 3.05) is 5.75 Å².